The molecule has 6 heteroatoms. The Bertz CT molecular complexity index is 620. The van der Waals surface area contributed by atoms with Crippen molar-refractivity contribution in [1.29, 1.82) is 0 Å². The topological polar surface area (TPSA) is 48.0 Å². The second-order valence-corrected chi connectivity index (χ2v) is 7.71. The summed E-state index contributed by atoms with van der Waals surface area (Å²) in [5.41, 5.74) is -0.335. The average Bonchev–Trinajstić information content (AvgIpc) is 2.96. The molecule has 0 bridgehead atoms. The summed E-state index contributed by atoms with van der Waals surface area (Å²) in [4.78, 5) is 15.3. The largest absolute Gasteiger partial charge is 0.454 e. The zero-order valence-corrected chi connectivity index (χ0v) is 16.9. The highest BCUT2D eigenvalue weighted by Crippen LogP contribution is 2.46. The van der Waals surface area contributed by atoms with E-state index in [0.717, 1.165) is 32.2 Å². The summed E-state index contributed by atoms with van der Waals surface area (Å²) in [6, 6.07) is 6.24. The van der Waals surface area contributed by atoms with Gasteiger partial charge in [0.15, 0.2) is 11.5 Å². The lowest BCUT2D eigenvalue weighted by Gasteiger charge is -2.41. The van der Waals surface area contributed by atoms with Crippen molar-refractivity contribution in [2.45, 2.75) is 65.5 Å². The number of benzene rings is 1. The number of nitrogens with zero attached hydrogens (tertiary/aromatic N) is 1. The normalized spacial score (nSPS) is 17.2. The SMILES string of the molecule is CC(C)N(CCC1(C(=O)Oc2ccc3c(c2)OCO3)CCC1)C(C)C.Cl. The average molecular weight is 384 g/mol. The molecule has 0 N–H and O–H groups in total. The van der Waals surface area contributed by atoms with E-state index in [9.17, 15) is 4.79 Å². The van der Waals surface area contributed by atoms with Crippen LogP contribution in [0.3, 0.4) is 0 Å². The van der Waals surface area contributed by atoms with Gasteiger partial charge >= 0.3 is 5.97 Å². The molecular weight excluding hydrogens is 354 g/mol. The summed E-state index contributed by atoms with van der Waals surface area (Å²) in [5.74, 6) is 1.76. The zero-order chi connectivity index (χ0) is 18.0. The van der Waals surface area contributed by atoms with Gasteiger partial charge in [-0.25, -0.2) is 0 Å². The minimum absolute atomic E-state index is 0. The van der Waals surface area contributed by atoms with Gasteiger partial charge in [-0.1, -0.05) is 6.42 Å². The highest BCUT2D eigenvalue weighted by atomic mass is 35.5. The molecule has 0 saturated heterocycles. The Morgan fingerprint density at radius 1 is 1.15 bits per heavy atom. The highest BCUT2D eigenvalue weighted by molar-refractivity contribution is 5.85. The van der Waals surface area contributed by atoms with Gasteiger partial charge < -0.3 is 14.2 Å². The van der Waals surface area contributed by atoms with E-state index in [1.165, 1.54) is 0 Å². The third kappa shape index (κ3) is 4.26. The number of carbonyl (C=O) groups excluding carboxylic acids is 1. The first kappa shape index (κ1) is 20.8. The molecule has 0 amide bonds. The van der Waals surface area contributed by atoms with Crippen LogP contribution in [0.2, 0.25) is 0 Å². The van der Waals surface area contributed by atoms with E-state index in [1.54, 1.807) is 18.2 Å². The summed E-state index contributed by atoms with van der Waals surface area (Å²) in [6.07, 6.45) is 3.78. The smallest absolute Gasteiger partial charge is 0.317 e. The van der Waals surface area contributed by atoms with Gasteiger partial charge in [-0.15, -0.1) is 12.4 Å². The van der Waals surface area contributed by atoms with Gasteiger partial charge in [0.1, 0.15) is 5.75 Å². The molecule has 1 aromatic carbocycles. The summed E-state index contributed by atoms with van der Waals surface area (Å²) < 4.78 is 16.4. The van der Waals surface area contributed by atoms with E-state index in [0.29, 0.717) is 29.3 Å². The van der Waals surface area contributed by atoms with E-state index in [1.807, 2.05) is 0 Å². The van der Waals surface area contributed by atoms with Gasteiger partial charge in [-0.05, 0) is 65.6 Å². The van der Waals surface area contributed by atoms with Crippen molar-refractivity contribution in [3.8, 4) is 17.2 Å². The first-order chi connectivity index (χ1) is 11.9. The Balaban J connectivity index is 0.00000243. The molecule has 1 aliphatic carbocycles. The van der Waals surface area contributed by atoms with Gasteiger partial charge in [0.05, 0.1) is 5.41 Å². The van der Waals surface area contributed by atoms with E-state index in [2.05, 4.69) is 32.6 Å². The van der Waals surface area contributed by atoms with Crippen LogP contribution in [-0.2, 0) is 4.79 Å². The number of fused-ring (bicyclic) bond motifs is 1. The molecule has 1 saturated carbocycles. The van der Waals surface area contributed by atoms with E-state index in [-0.39, 0.29) is 30.6 Å². The van der Waals surface area contributed by atoms with Gasteiger partial charge in [0.25, 0.3) is 0 Å². The van der Waals surface area contributed by atoms with Crippen LogP contribution in [0, 0.1) is 5.41 Å². The van der Waals surface area contributed by atoms with Crippen molar-refractivity contribution in [1.82, 2.24) is 4.90 Å². The number of esters is 1. The lowest BCUT2D eigenvalue weighted by Crippen LogP contribution is -2.46. The summed E-state index contributed by atoms with van der Waals surface area (Å²) in [5, 5.41) is 0. The number of hydrogen-bond acceptors (Lipinski definition) is 5. The van der Waals surface area contributed by atoms with Crippen molar-refractivity contribution in [2.75, 3.05) is 13.3 Å². The number of hydrogen-bond donors (Lipinski definition) is 0. The molecule has 146 valence electrons. The van der Waals surface area contributed by atoms with Gasteiger partial charge in [-0.2, -0.15) is 0 Å². The predicted molar refractivity (Wildman–Crippen MR) is 103 cm³/mol. The molecule has 26 heavy (non-hydrogen) atoms. The van der Waals surface area contributed by atoms with E-state index < -0.39 is 0 Å². The van der Waals surface area contributed by atoms with Crippen molar-refractivity contribution in [3.05, 3.63) is 18.2 Å². The van der Waals surface area contributed by atoms with Crippen LogP contribution in [0.25, 0.3) is 0 Å². The fraction of sp³-hybridized carbons (Fsp3) is 0.650. The van der Waals surface area contributed by atoms with Crippen LogP contribution < -0.4 is 14.2 Å². The first-order valence-electron chi connectivity index (χ1n) is 9.29. The fourth-order valence-corrected chi connectivity index (χ4v) is 3.77. The fourth-order valence-electron chi connectivity index (χ4n) is 3.77. The van der Waals surface area contributed by atoms with Crippen LogP contribution >= 0.6 is 12.4 Å². The van der Waals surface area contributed by atoms with Crippen LogP contribution in [-0.4, -0.2) is 36.3 Å². The van der Waals surface area contributed by atoms with Gasteiger partial charge in [-0.3, -0.25) is 9.69 Å². The number of ether oxygens (including phenoxy) is 3. The van der Waals surface area contributed by atoms with Crippen molar-refractivity contribution in [3.63, 3.8) is 0 Å². The molecule has 0 atom stereocenters. The maximum atomic E-state index is 12.9. The quantitative estimate of drug-likeness (QED) is 0.515. The Hall–Kier alpha value is -1.46. The van der Waals surface area contributed by atoms with Gasteiger partial charge in [0, 0.05) is 18.2 Å². The van der Waals surface area contributed by atoms with Crippen molar-refractivity contribution in [2.24, 2.45) is 5.41 Å². The molecule has 5 nitrogen and oxygen atoms in total. The lowest BCUT2D eigenvalue weighted by atomic mass is 9.66. The molecule has 0 aromatic heterocycles. The minimum atomic E-state index is -0.335. The van der Waals surface area contributed by atoms with Crippen LogP contribution in [0.15, 0.2) is 18.2 Å². The summed E-state index contributed by atoms with van der Waals surface area (Å²) >= 11 is 0. The molecule has 0 spiro atoms. The van der Waals surface area contributed by atoms with Crippen molar-refractivity contribution >= 4 is 18.4 Å². The lowest BCUT2D eigenvalue weighted by molar-refractivity contribution is -0.152. The third-order valence-corrected chi connectivity index (χ3v) is 5.47. The van der Waals surface area contributed by atoms with Crippen LogP contribution in [0.5, 0.6) is 17.2 Å². The molecule has 1 aliphatic heterocycles. The van der Waals surface area contributed by atoms with Crippen LogP contribution in [0.4, 0.5) is 0 Å². The first-order valence-corrected chi connectivity index (χ1v) is 9.29. The number of halogens is 1. The Morgan fingerprint density at radius 3 is 2.38 bits per heavy atom. The Kier molecular flexibility index (Phi) is 6.80. The van der Waals surface area contributed by atoms with E-state index >= 15 is 0 Å². The molecule has 0 unspecified atom stereocenters. The molecule has 1 heterocycles. The predicted octanol–water partition coefficient (Wildman–Crippen LogP) is 4.42. The molecule has 2 aliphatic rings. The molecule has 0 radical (unpaired) electrons. The molecule has 1 fully saturated rings. The zero-order valence-electron chi connectivity index (χ0n) is 16.1. The standard InChI is InChI=1S/C20H29NO4.ClH/c1-14(2)21(15(3)4)11-10-20(8-5-9-20)19(22)25-16-6-7-17-18(12-16)24-13-23-17;/h6-7,12,14-15H,5,8-11,13H2,1-4H3;1H. The van der Waals surface area contributed by atoms with Gasteiger partial charge in [0.2, 0.25) is 6.79 Å². The maximum absolute atomic E-state index is 12.9. The number of carbonyl (C=O) groups is 1. The second-order valence-electron chi connectivity index (χ2n) is 7.71. The summed E-state index contributed by atoms with van der Waals surface area (Å²) in [7, 11) is 0. The van der Waals surface area contributed by atoms with Crippen molar-refractivity contribution < 1.29 is 19.0 Å². The maximum Gasteiger partial charge on any atom is 0.317 e. The molecular formula is C20H30ClNO4. The Labute approximate surface area is 162 Å². The highest BCUT2D eigenvalue weighted by Gasteiger charge is 2.45. The summed E-state index contributed by atoms with van der Waals surface area (Å²) in [6.45, 7) is 9.97. The third-order valence-electron chi connectivity index (χ3n) is 5.47. The second kappa shape index (κ2) is 8.49. The molecule has 3 rings (SSSR count). The molecule has 1 aromatic rings. The Morgan fingerprint density at radius 2 is 1.81 bits per heavy atom. The minimum Gasteiger partial charge on any atom is -0.454 e. The number of rotatable bonds is 7. The monoisotopic (exact) mass is 383 g/mol. The van der Waals surface area contributed by atoms with E-state index in [4.69, 9.17) is 14.2 Å². The van der Waals surface area contributed by atoms with Crippen LogP contribution in [0.1, 0.15) is 53.4 Å².